The van der Waals surface area contributed by atoms with Gasteiger partial charge in [0.1, 0.15) is 11.6 Å². The maximum atomic E-state index is 15.3. The number of benzene rings is 1. The first-order valence-electron chi connectivity index (χ1n) is 10.1. The number of allylic oxidation sites excluding steroid dienone is 5. The van der Waals surface area contributed by atoms with E-state index in [1.165, 1.54) is 6.20 Å². The summed E-state index contributed by atoms with van der Waals surface area (Å²) in [5, 5.41) is 0. The zero-order chi connectivity index (χ0) is 21.6. The van der Waals surface area contributed by atoms with Crippen molar-refractivity contribution in [3.63, 3.8) is 0 Å². The van der Waals surface area contributed by atoms with Crippen LogP contribution in [0.15, 0.2) is 89.4 Å². The minimum absolute atomic E-state index is 0.359. The molecule has 1 aromatic rings. The Morgan fingerprint density at radius 2 is 1.97 bits per heavy atom. The maximum Gasteiger partial charge on any atom is 0.248 e. The van der Waals surface area contributed by atoms with Gasteiger partial charge < -0.3 is 15.4 Å². The van der Waals surface area contributed by atoms with Gasteiger partial charge in [0.05, 0.1) is 12.3 Å². The quantitative estimate of drug-likeness (QED) is 0.650. The topological polar surface area (TPSA) is 55.6 Å². The summed E-state index contributed by atoms with van der Waals surface area (Å²) in [5.41, 5.74) is 11.3. The smallest absolute Gasteiger partial charge is 0.248 e. The normalized spacial score (nSPS) is 18.8. The van der Waals surface area contributed by atoms with Crippen LogP contribution in [0.5, 0.6) is 0 Å². The van der Waals surface area contributed by atoms with Gasteiger partial charge >= 0.3 is 0 Å². The van der Waals surface area contributed by atoms with Gasteiger partial charge in [-0.2, -0.15) is 0 Å². The van der Waals surface area contributed by atoms with E-state index >= 15 is 4.39 Å². The lowest BCUT2D eigenvalue weighted by atomic mass is 9.87. The molecule has 0 spiro atoms. The van der Waals surface area contributed by atoms with Crippen LogP contribution in [0.25, 0.3) is 5.57 Å². The number of ether oxygens (including phenoxy) is 1. The van der Waals surface area contributed by atoms with Gasteiger partial charge in [-0.3, -0.25) is 4.79 Å². The molecule has 2 N–H and O–H groups in total. The number of hydrogen-bond acceptors (Lipinski definition) is 3. The first kappa shape index (κ1) is 20.0. The molecule has 1 amide bonds. The third-order valence-electron chi connectivity index (χ3n) is 5.72. The molecule has 2 aliphatic heterocycles. The summed E-state index contributed by atoms with van der Waals surface area (Å²) >= 11 is 0. The van der Waals surface area contributed by atoms with Crippen LogP contribution < -0.4 is 5.73 Å². The number of rotatable bonds is 6. The summed E-state index contributed by atoms with van der Waals surface area (Å²) in [6.45, 7) is 12.6. The minimum atomic E-state index is -0.507. The molecule has 0 radical (unpaired) electrons. The fraction of sp³-hybridized carbons (Fsp3) is 0.240. The van der Waals surface area contributed by atoms with E-state index in [4.69, 9.17) is 10.5 Å². The van der Waals surface area contributed by atoms with Crippen LogP contribution in [0.2, 0.25) is 0 Å². The Kier molecular flexibility index (Phi) is 4.98. The van der Waals surface area contributed by atoms with Crippen LogP contribution >= 0.6 is 0 Å². The molecule has 0 saturated heterocycles. The summed E-state index contributed by atoms with van der Waals surface area (Å²) in [5.74, 6) is 0.112. The molecule has 154 valence electrons. The molecule has 1 saturated carbocycles. The molecule has 0 unspecified atom stereocenters. The second kappa shape index (κ2) is 7.48. The van der Waals surface area contributed by atoms with Gasteiger partial charge in [-0.15, -0.1) is 0 Å². The lowest BCUT2D eigenvalue weighted by molar-refractivity contribution is 0.100. The Hall–Kier alpha value is -3.34. The number of nitrogens with two attached hydrogens (primary N) is 1. The molecule has 2 heterocycles. The largest absolute Gasteiger partial charge is 0.494 e. The zero-order valence-electron chi connectivity index (χ0n) is 17.3. The van der Waals surface area contributed by atoms with Gasteiger partial charge in [0.25, 0.3) is 0 Å². The average molecular weight is 404 g/mol. The molecule has 30 heavy (non-hydrogen) atoms. The lowest BCUT2D eigenvalue weighted by Crippen LogP contribution is -2.27. The minimum Gasteiger partial charge on any atom is -0.494 e. The van der Waals surface area contributed by atoms with Crippen molar-refractivity contribution in [1.82, 2.24) is 4.90 Å². The molecule has 3 aliphatic rings. The van der Waals surface area contributed by atoms with Crippen LogP contribution in [0, 0.1) is 5.92 Å². The third-order valence-corrected chi connectivity index (χ3v) is 5.72. The Morgan fingerprint density at radius 3 is 2.53 bits per heavy atom. The second-order valence-corrected chi connectivity index (χ2v) is 7.73. The molecule has 0 bridgehead atoms. The van der Waals surface area contributed by atoms with Crippen molar-refractivity contribution in [2.24, 2.45) is 11.7 Å². The van der Waals surface area contributed by atoms with Gasteiger partial charge in [0, 0.05) is 28.6 Å². The summed E-state index contributed by atoms with van der Waals surface area (Å²) in [6, 6.07) is 6.71. The number of primary amides is 1. The van der Waals surface area contributed by atoms with E-state index in [0.717, 1.165) is 35.3 Å². The van der Waals surface area contributed by atoms with Crippen LogP contribution in [-0.4, -0.2) is 17.4 Å². The molecule has 0 aromatic heterocycles. The number of nitrogens with zero attached hydrogens (tertiary/aromatic N) is 1. The van der Waals surface area contributed by atoms with Gasteiger partial charge in [-0.25, -0.2) is 4.39 Å². The molecule has 4 rings (SSSR count). The van der Waals surface area contributed by atoms with E-state index in [2.05, 4.69) is 19.2 Å². The zero-order valence-corrected chi connectivity index (χ0v) is 17.3. The summed E-state index contributed by atoms with van der Waals surface area (Å²) in [7, 11) is 0. The Morgan fingerprint density at radius 1 is 1.30 bits per heavy atom. The van der Waals surface area contributed by atoms with E-state index in [1.807, 2.05) is 18.7 Å². The molecule has 1 fully saturated rings. The fourth-order valence-corrected chi connectivity index (χ4v) is 4.08. The monoisotopic (exact) mass is 404 g/mol. The number of halogens is 1. The first-order chi connectivity index (χ1) is 14.3. The first-order valence-corrected chi connectivity index (χ1v) is 10.1. The third kappa shape index (κ3) is 3.30. The summed E-state index contributed by atoms with van der Waals surface area (Å²) < 4.78 is 21.0. The highest BCUT2D eigenvalue weighted by molar-refractivity contribution is 5.93. The summed E-state index contributed by atoms with van der Waals surface area (Å²) in [4.78, 5) is 13.2. The fourth-order valence-electron chi connectivity index (χ4n) is 4.08. The standard InChI is InChI=1S/C25H25FN2O2/c1-5-30-16(4)20-12-21(17-6-7-17)24-14(2)23(22(26)13-28(24)15(20)3)18-8-10-19(11-9-18)25(27)29/h8-13,17H,3-7H2,1-2H3,(H2,27,29). The van der Waals surface area contributed by atoms with Gasteiger partial charge in [0.15, 0.2) is 0 Å². The molecule has 5 heteroatoms. The number of fused-ring (bicyclic) bond motifs is 1. The molecule has 1 aromatic carbocycles. The highest BCUT2D eigenvalue weighted by atomic mass is 19.1. The number of amides is 1. The predicted octanol–water partition coefficient (Wildman–Crippen LogP) is 5.35. The maximum absolute atomic E-state index is 15.3. The van der Waals surface area contributed by atoms with Crippen molar-refractivity contribution in [3.05, 3.63) is 101 Å². The molecular weight excluding hydrogens is 379 g/mol. The highest BCUT2D eigenvalue weighted by Gasteiger charge is 2.37. The van der Waals surface area contributed by atoms with Crippen LogP contribution in [0.1, 0.15) is 42.6 Å². The van der Waals surface area contributed by atoms with Crippen LogP contribution in [-0.2, 0) is 4.74 Å². The Bertz CT molecular complexity index is 1080. The van der Waals surface area contributed by atoms with Crippen LogP contribution in [0.3, 0.4) is 0 Å². The molecule has 4 nitrogen and oxygen atoms in total. The number of carbonyl (C=O) groups excluding carboxylic acids is 1. The van der Waals surface area contributed by atoms with Crippen molar-refractivity contribution in [1.29, 1.82) is 0 Å². The van der Waals surface area contributed by atoms with Crippen molar-refractivity contribution < 1.29 is 13.9 Å². The van der Waals surface area contributed by atoms with E-state index < -0.39 is 5.91 Å². The molecule has 0 atom stereocenters. The predicted molar refractivity (Wildman–Crippen MR) is 116 cm³/mol. The lowest BCUT2D eigenvalue weighted by Gasteiger charge is -2.37. The number of hydrogen-bond donors (Lipinski definition) is 1. The van der Waals surface area contributed by atoms with E-state index in [0.29, 0.717) is 40.7 Å². The average Bonchev–Trinajstić information content (AvgIpc) is 3.54. The van der Waals surface area contributed by atoms with Crippen molar-refractivity contribution >= 4 is 11.5 Å². The second-order valence-electron chi connectivity index (χ2n) is 7.73. The Labute approximate surface area is 176 Å². The van der Waals surface area contributed by atoms with E-state index in [9.17, 15) is 4.79 Å². The highest BCUT2D eigenvalue weighted by Crippen LogP contribution is 2.49. The van der Waals surface area contributed by atoms with Gasteiger partial charge in [0.2, 0.25) is 5.91 Å². The SMILES string of the molecule is C=C(OCC)C1=CC(C2CC2)=C2C(C)=C(c3ccc(C(N)=O)cc3)C(F)=CN2C1=C. The van der Waals surface area contributed by atoms with Gasteiger partial charge in [-0.05, 0) is 67.5 Å². The molecular formula is C25H25FN2O2. The van der Waals surface area contributed by atoms with Crippen molar-refractivity contribution in [2.45, 2.75) is 26.7 Å². The van der Waals surface area contributed by atoms with Crippen molar-refractivity contribution in [2.75, 3.05) is 6.61 Å². The van der Waals surface area contributed by atoms with Crippen molar-refractivity contribution in [3.8, 4) is 0 Å². The van der Waals surface area contributed by atoms with Gasteiger partial charge in [-0.1, -0.05) is 25.3 Å². The van der Waals surface area contributed by atoms with Crippen LogP contribution in [0.4, 0.5) is 4.39 Å². The number of carbonyl (C=O) groups is 1. The van der Waals surface area contributed by atoms with E-state index in [1.54, 1.807) is 24.3 Å². The summed E-state index contributed by atoms with van der Waals surface area (Å²) in [6.07, 6.45) is 5.78. The molecule has 1 aliphatic carbocycles. The van der Waals surface area contributed by atoms with E-state index in [-0.39, 0.29) is 5.83 Å². The Balaban J connectivity index is 1.86.